The summed E-state index contributed by atoms with van der Waals surface area (Å²) < 4.78 is 0. The van der Waals surface area contributed by atoms with Gasteiger partial charge in [0.05, 0.1) is 12.6 Å². The highest BCUT2D eigenvalue weighted by Gasteiger charge is 2.31. The molecule has 4 amide bonds. The molecule has 136 valence electrons. The van der Waals surface area contributed by atoms with Crippen LogP contribution in [-0.2, 0) is 22.6 Å². The van der Waals surface area contributed by atoms with Gasteiger partial charge in [-0.3, -0.25) is 19.8 Å². The maximum absolute atomic E-state index is 12.1. The normalized spacial score (nSPS) is 17.0. The fourth-order valence-corrected chi connectivity index (χ4v) is 2.89. The molecular formula is C18H26N4O3. The van der Waals surface area contributed by atoms with E-state index >= 15 is 0 Å². The molecule has 0 radical (unpaired) electrons. The van der Waals surface area contributed by atoms with Gasteiger partial charge in [-0.05, 0) is 29.9 Å². The Morgan fingerprint density at radius 3 is 2.56 bits per heavy atom. The summed E-state index contributed by atoms with van der Waals surface area (Å²) in [5.41, 5.74) is 7.62. The monoisotopic (exact) mass is 346 g/mol. The molecule has 0 spiro atoms. The molecule has 0 bridgehead atoms. The van der Waals surface area contributed by atoms with Crippen molar-refractivity contribution in [3.8, 4) is 0 Å². The Bertz CT molecular complexity index is 645. The standard InChI is InChI=1S/C18H26N4O3/c1-12(2)7-8-20-18(25)21-16(23)11-22-10-14-6-4-3-5-13(14)9-15(22)17(19)24/h3-6,12,15H,7-11H2,1-2H3,(H2,19,24)(H2,20,21,23,25)/t15-/m0/s1. The number of imide groups is 1. The van der Waals surface area contributed by atoms with Gasteiger partial charge >= 0.3 is 6.03 Å². The largest absolute Gasteiger partial charge is 0.368 e. The Kier molecular flexibility index (Phi) is 6.52. The maximum atomic E-state index is 12.1. The molecule has 1 aromatic rings. The molecule has 0 saturated heterocycles. The Morgan fingerprint density at radius 2 is 1.92 bits per heavy atom. The minimum atomic E-state index is -0.551. The van der Waals surface area contributed by atoms with E-state index in [9.17, 15) is 14.4 Å². The number of nitrogens with zero attached hydrogens (tertiary/aromatic N) is 1. The summed E-state index contributed by atoms with van der Waals surface area (Å²) >= 11 is 0. The Labute approximate surface area is 147 Å². The lowest BCUT2D eigenvalue weighted by molar-refractivity contribution is -0.127. The van der Waals surface area contributed by atoms with Gasteiger partial charge in [-0.2, -0.15) is 0 Å². The first kappa shape index (κ1) is 18.9. The lowest BCUT2D eigenvalue weighted by Gasteiger charge is -2.34. The highest BCUT2D eigenvalue weighted by Crippen LogP contribution is 2.22. The third-order valence-corrected chi connectivity index (χ3v) is 4.28. The molecule has 0 fully saturated rings. The highest BCUT2D eigenvalue weighted by atomic mass is 16.2. The minimum absolute atomic E-state index is 0.0560. The lowest BCUT2D eigenvalue weighted by Crippen LogP contribution is -2.53. The molecule has 1 aliphatic heterocycles. The molecular weight excluding hydrogens is 320 g/mol. The number of fused-ring (bicyclic) bond motifs is 1. The van der Waals surface area contributed by atoms with Crippen LogP contribution >= 0.6 is 0 Å². The number of primary amides is 1. The lowest BCUT2D eigenvalue weighted by atomic mass is 9.93. The van der Waals surface area contributed by atoms with Crippen LogP contribution in [0.25, 0.3) is 0 Å². The van der Waals surface area contributed by atoms with Gasteiger partial charge < -0.3 is 11.1 Å². The van der Waals surface area contributed by atoms with Crippen molar-refractivity contribution in [3.05, 3.63) is 35.4 Å². The zero-order valence-electron chi connectivity index (χ0n) is 14.7. The number of nitrogens with one attached hydrogen (secondary N) is 2. The Hall–Kier alpha value is -2.41. The van der Waals surface area contributed by atoms with E-state index < -0.39 is 23.9 Å². The van der Waals surface area contributed by atoms with Gasteiger partial charge in [-0.25, -0.2) is 4.79 Å². The van der Waals surface area contributed by atoms with Gasteiger partial charge in [0.2, 0.25) is 11.8 Å². The van der Waals surface area contributed by atoms with Crippen LogP contribution < -0.4 is 16.4 Å². The topological polar surface area (TPSA) is 105 Å². The van der Waals surface area contributed by atoms with Crippen molar-refractivity contribution in [1.82, 2.24) is 15.5 Å². The van der Waals surface area contributed by atoms with Crippen LogP contribution in [0.1, 0.15) is 31.4 Å². The molecule has 1 heterocycles. The Balaban J connectivity index is 1.92. The summed E-state index contributed by atoms with van der Waals surface area (Å²) in [5, 5.41) is 4.95. The molecule has 0 aromatic heterocycles. The van der Waals surface area contributed by atoms with Crippen LogP contribution in [0.15, 0.2) is 24.3 Å². The molecule has 4 N–H and O–H groups in total. The molecule has 0 saturated carbocycles. The van der Waals surface area contributed by atoms with Gasteiger partial charge in [0.15, 0.2) is 0 Å². The second-order valence-corrected chi connectivity index (χ2v) is 6.78. The quantitative estimate of drug-likeness (QED) is 0.707. The number of rotatable bonds is 6. The third-order valence-electron chi connectivity index (χ3n) is 4.28. The van der Waals surface area contributed by atoms with Crippen LogP contribution in [0.4, 0.5) is 4.79 Å². The summed E-state index contributed by atoms with van der Waals surface area (Å²) in [6, 6.07) is 6.70. The number of amides is 4. The molecule has 1 aromatic carbocycles. The maximum Gasteiger partial charge on any atom is 0.321 e. The number of hydrogen-bond acceptors (Lipinski definition) is 4. The van der Waals surface area contributed by atoms with Crippen LogP contribution in [0.2, 0.25) is 0 Å². The van der Waals surface area contributed by atoms with Gasteiger partial charge in [0.1, 0.15) is 0 Å². The van der Waals surface area contributed by atoms with Crippen molar-refractivity contribution in [2.24, 2.45) is 11.7 Å². The zero-order valence-corrected chi connectivity index (χ0v) is 14.7. The van der Waals surface area contributed by atoms with Gasteiger partial charge in [-0.1, -0.05) is 38.1 Å². The number of hydrogen-bond donors (Lipinski definition) is 3. The van der Waals surface area contributed by atoms with Gasteiger partial charge in [-0.15, -0.1) is 0 Å². The van der Waals surface area contributed by atoms with E-state index in [0.29, 0.717) is 25.4 Å². The number of benzene rings is 1. The fraction of sp³-hybridized carbons (Fsp3) is 0.500. The first-order chi connectivity index (χ1) is 11.9. The predicted octanol–water partition coefficient (Wildman–Crippen LogP) is 0.771. The van der Waals surface area contributed by atoms with E-state index in [0.717, 1.165) is 17.5 Å². The summed E-state index contributed by atoms with van der Waals surface area (Å²) in [6.07, 6.45) is 1.31. The second kappa shape index (κ2) is 8.62. The van der Waals surface area contributed by atoms with Crippen LogP contribution in [0.3, 0.4) is 0 Å². The molecule has 7 nitrogen and oxygen atoms in total. The molecule has 0 aliphatic carbocycles. The smallest absolute Gasteiger partial charge is 0.321 e. The average Bonchev–Trinajstić information content (AvgIpc) is 2.53. The van der Waals surface area contributed by atoms with Gasteiger partial charge in [0, 0.05) is 13.1 Å². The van der Waals surface area contributed by atoms with Crippen LogP contribution in [-0.4, -0.2) is 41.9 Å². The molecule has 0 unspecified atom stereocenters. The van der Waals surface area contributed by atoms with Crippen molar-refractivity contribution in [1.29, 1.82) is 0 Å². The van der Waals surface area contributed by atoms with Crippen molar-refractivity contribution in [2.75, 3.05) is 13.1 Å². The highest BCUT2D eigenvalue weighted by molar-refractivity contribution is 5.95. The second-order valence-electron chi connectivity index (χ2n) is 6.78. The molecule has 2 rings (SSSR count). The molecule has 7 heteroatoms. The van der Waals surface area contributed by atoms with E-state index in [1.807, 2.05) is 24.3 Å². The van der Waals surface area contributed by atoms with Crippen LogP contribution in [0, 0.1) is 5.92 Å². The van der Waals surface area contributed by atoms with E-state index in [4.69, 9.17) is 5.73 Å². The zero-order chi connectivity index (χ0) is 18.4. The van der Waals surface area contributed by atoms with E-state index in [1.165, 1.54) is 0 Å². The summed E-state index contributed by atoms with van der Waals surface area (Å²) in [4.78, 5) is 37.3. The summed E-state index contributed by atoms with van der Waals surface area (Å²) in [7, 11) is 0. The van der Waals surface area contributed by atoms with E-state index in [1.54, 1.807) is 4.90 Å². The first-order valence-corrected chi connectivity index (χ1v) is 8.54. The van der Waals surface area contributed by atoms with Crippen molar-refractivity contribution >= 4 is 17.8 Å². The fourth-order valence-electron chi connectivity index (χ4n) is 2.89. The SMILES string of the molecule is CC(C)CCNC(=O)NC(=O)CN1Cc2ccccc2C[C@H]1C(N)=O. The van der Waals surface area contributed by atoms with Crippen LogP contribution in [0.5, 0.6) is 0 Å². The summed E-state index contributed by atoms with van der Waals surface area (Å²) in [5.74, 6) is -0.447. The molecule has 1 aliphatic rings. The average molecular weight is 346 g/mol. The van der Waals surface area contributed by atoms with Gasteiger partial charge in [0.25, 0.3) is 0 Å². The third kappa shape index (κ3) is 5.56. The number of carbonyl (C=O) groups is 3. The first-order valence-electron chi connectivity index (χ1n) is 8.54. The van der Waals surface area contributed by atoms with Crippen molar-refractivity contribution in [2.45, 2.75) is 39.3 Å². The number of carbonyl (C=O) groups excluding carboxylic acids is 3. The minimum Gasteiger partial charge on any atom is -0.368 e. The van der Waals surface area contributed by atoms with E-state index in [-0.39, 0.29) is 6.54 Å². The molecule has 25 heavy (non-hydrogen) atoms. The predicted molar refractivity (Wildman–Crippen MR) is 94.5 cm³/mol. The molecule has 1 atom stereocenters. The Morgan fingerprint density at radius 1 is 1.24 bits per heavy atom. The van der Waals surface area contributed by atoms with Crippen molar-refractivity contribution in [3.63, 3.8) is 0 Å². The van der Waals surface area contributed by atoms with E-state index in [2.05, 4.69) is 24.5 Å². The number of urea groups is 1. The summed E-state index contributed by atoms with van der Waals surface area (Å²) in [6.45, 7) is 5.02. The van der Waals surface area contributed by atoms with Crippen molar-refractivity contribution < 1.29 is 14.4 Å². The number of nitrogens with two attached hydrogens (primary N) is 1.